The standard InChI is InChI=1S/C23H22N4O5S2/c28-23(24-18-9-11-20(12-10-18)26-25-19-6-2-1-3-7-19)17-5-4-8-22(15-17)34(31,32)27-21-13-14-33(29,30)16-21/h1-12,15,21,27H,13-14,16H2,(H,24,28). The summed E-state index contributed by atoms with van der Waals surface area (Å²) in [5, 5.41) is 11.0. The molecule has 9 nitrogen and oxygen atoms in total. The summed E-state index contributed by atoms with van der Waals surface area (Å²) < 4.78 is 51.0. The van der Waals surface area contributed by atoms with Gasteiger partial charge in [0, 0.05) is 17.3 Å². The Labute approximate surface area is 197 Å². The van der Waals surface area contributed by atoms with Gasteiger partial charge < -0.3 is 5.32 Å². The van der Waals surface area contributed by atoms with E-state index in [1.54, 1.807) is 24.3 Å². The summed E-state index contributed by atoms with van der Waals surface area (Å²) in [7, 11) is -7.21. The zero-order chi connectivity index (χ0) is 24.2. The summed E-state index contributed by atoms with van der Waals surface area (Å²) in [6.45, 7) is 0. The SMILES string of the molecule is O=C(Nc1ccc(N=Nc2ccccc2)cc1)c1cccc(S(=O)(=O)NC2CCS(=O)(=O)C2)c1. The molecule has 0 radical (unpaired) electrons. The van der Waals surface area contributed by atoms with Crippen molar-refractivity contribution in [2.24, 2.45) is 10.2 Å². The van der Waals surface area contributed by atoms with Crippen molar-refractivity contribution in [3.05, 3.63) is 84.4 Å². The lowest BCUT2D eigenvalue weighted by atomic mass is 10.2. The molecule has 34 heavy (non-hydrogen) atoms. The van der Waals surface area contributed by atoms with E-state index in [1.165, 1.54) is 24.3 Å². The van der Waals surface area contributed by atoms with Crippen molar-refractivity contribution in [2.75, 3.05) is 16.8 Å². The minimum Gasteiger partial charge on any atom is -0.322 e. The lowest BCUT2D eigenvalue weighted by Crippen LogP contribution is -2.35. The zero-order valence-corrected chi connectivity index (χ0v) is 19.6. The molecule has 11 heteroatoms. The van der Waals surface area contributed by atoms with Crippen LogP contribution in [-0.2, 0) is 19.9 Å². The van der Waals surface area contributed by atoms with Gasteiger partial charge in [-0.25, -0.2) is 21.6 Å². The third kappa shape index (κ3) is 6.13. The largest absolute Gasteiger partial charge is 0.322 e. The second kappa shape index (κ2) is 9.84. The summed E-state index contributed by atoms with van der Waals surface area (Å²) in [5.41, 5.74) is 1.98. The van der Waals surface area contributed by atoms with Crippen molar-refractivity contribution in [3.8, 4) is 0 Å². The Balaban J connectivity index is 1.41. The minimum absolute atomic E-state index is 0.0466. The number of amides is 1. The van der Waals surface area contributed by atoms with Crippen molar-refractivity contribution in [2.45, 2.75) is 17.4 Å². The highest BCUT2D eigenvalue weighted by molar-refractivity contribution is 7.92. The van der Waals surface area contributed by atoms with E-state index >= 15 is 0 Å². The fourth-order valence-electron chi connectivity index (χ4n) is 3.40. The van der Waals surface area contributed by atoms with Crippen molar-refractivity contribution in [1.29, 1.82) is 0 Å². The van der Waals surface area contributed by atoms with E-state index in [0.717, 1.165) is 5.69 Å². The first kappa shape index (κ1) is 23.7. The van der Waals surface area contributed by atoms with E-state index in [-0.39, 0.29) is 28.4 Å². The van der Waals surface area contributed by atoms with Crippen molar-refractivity contribution < 1.29 is 21.6 Å². The number of nitrogens with one attached hydrogen (secondary N) is 2. The average molecular weight is 499 g/mol. The maximum Gasteiger partial charge on any atom is 0.255 e. The molecule has 1 aliphatic rings. The number of anilines is 1. The van der Waals surface area contributed by atoms with Gasteiger partial charge in [-0.15, -0.1) is 0 Å². The van der Waals surface area contributed by atoms with Crippen molar-refractivity contribution >= 4 is 42.8 Å². The number of sulfonamides is 1. The molecule has 0 aromatic heterocycles. The Morgan fingerprint density at radius 2 is 1.56 bits per heavy atom. The Hall–Kier alpha value is -3.41. The maximum atomic E-state index is 12.7. The summed E-state index contributed by atoms with van der Waals surface area (Å²) in [5.74, 6) is -0.762. The van der Waals surface area contributed by atoms with Crippen LogP contribution in [0.3, 0.4) is 0 Å². The van der Waals surface area contributed by atoms with Crippen LogP contribution in [0, 0.1) is 0 Å². The Bertz CT molecular complexity index is 1420. The van der Waals surface area contributed by atoms with Crippen LogP contribution in [0.2, 0.25) is 0 Å². The number of carbonyl (C=O) groups excluding carboxylic acids is 1. The zero-order valence-electron chi connectivity index (χ0n) is 18.0. The molecule has 1 saturated heterocycles. The van der Waals surface area contributed by atoms with Gasteiger partial charge in [0.2, 0.25) is 10.0 Å². The van der Waals surface area contributed by atoms with Gasteiger partial charge in [-0.3, -0.25) is 4.79 Å². The summed E-state index contributed by atoms with van der Waals surface area (Å²) in [6.07, 6.45) is 0.225. The number of hydrogen-bond acceptors (Lipinski definition) is 7. The van der Waals surface area contributed by atoms with Gasteiger partial charge in [0.1, 0.15) is 0 Å². The first-order valence-corrected chi connectivity index (χ1v) is 13.7. The van der Waals surface area contributed by atoms with E-state index in [9.17, 15) is 21.6 Å². The number of benzene rings is 3. The fourth-order valence-corrected chi connectivity index (χ4v) is 6.50. The Kier molecular flexibility index (Phi) is 6.87. The number of nitrogens with zero attached hydrogens (tertiary/aromatic N) is 2. The van der Waals surface area contributed by atoms with Gasteiger partial charge in [-0.2, -0.15) is 10.2 Å². The molecule has 1 atom stereocenters. The molecule has 0 bridgehead atoms. The summed E-state index contributed by atoms with van der Waals surface area (Å²) >= 11 is 0. The first-order chi connectivity index (χ1) is 16.2. The van der Waals surface area contributed by atoms with Crippen LogP contribution in [0.5, 0.6) is 0 Å². The Morgan fingerprint density at radius 1 is 0.882 bits per heavy atom. The minimum atomic E-state index is -3.97. The highest BCUT2D eigenvalue weighted by Gasteiger charge is 2.31. The van der Waals surface area contributed by atoms with Crippen LogP contribution in [-0.4, -0.2) is 40.3 Å². The molecule has 1 heterocycles. The van der Waals surface area contributed by atoms with E-state index in [1.807, 2.05) is 30.3 Å². The molecule has 1 fully saturated rings. The molecule has 3 aromatic rings. The fraction of sp³-hybridized carbons (Fsp3) is 0.174. The third-order valence-corrected chi connectivity index (χ3v) is 8.41. The second-order valence-corrected chi connectivity index (χ2v) is 11.7. The molecule has 1 aliphatic heterocycles. The third-order valence-electron chi connectivity index (χ3n) is 5.12. The summed E-state index contributed by atoms with van der Waals surface area (Å²) in [4.78, 5) is 12.6. The predicted octanol–water partition coefficient (Wildman–Crippen LogP) is 3.82. The van der Waals surface area contributed by atoms with Crippen molar-refractivity contribution in [3.63, 3.8) is 0 Å². The van der Waals surface area contributed by atoms with Crippen LogP contribution in [0.1, 0.15) is 16.8 Å². The molecular formula is C23H22N4O5S2. The van der Waals surface area contributed by atoms with Crippen LogP contribution < -0.4 is 10.0 Å². The Morgan fingerprint density at radius 3 is 2.21 bits per heavy atom. The normalized spacial score (nSPS) is 17.6. The van der Waals surface area contributed by atoms with E-state index < -0.39 is 31.8 Å². The molecule has 0 spiro atoms. The molecule has 0 saturated carbocycles. The van der Waals surface area contributed by atoms with Gasteiger partial charge in [-0.1, -0.05) is 24.3 Å². The van der Waals surface area contributed by atoms with Gasteiger partial charge in [0.25, 0.3) is 5.91 Å². The number of sulfone groups is 1. The smallest absolute Gasteiger partial charge is 0.255 e. The van der Waals surface area contributed by atoms with Gasteiger partial charge in [-0.05, 0) is 61.0 Å². The number of rotatable bonds is 7. The molecule has 0 aliphatic carbocycles. The van der Waals surface area contributed by atoms with E-state index in [4.69, 9.17) is 0 Å². The van der Waals surface area contributed by atoms with Gasteiger partial charge in [0.05, 0.1) is 27.8 Å². The molecular weight excluding hydrogens is 476 g/mol. The van der Waals surface area contributed by atoms with Crippen molar-refractivity contribution in [1.82, 2.24) is 4.72 Å². The molecule has 1 unspecified atom stereocenters. The van der Waals surface area contributed by atoms with Crippen LogP contribution in [0.25, 0.3) is 0 Å². The average Bonchev–Trinajstić information content (AvgIpc) is 3.16. The van der Waals surface area contributed by atoms with Crippen LogP contribution in [0.15, 0.2) is 94.0 Å². The lowest BCUT2D eigenvalue weighted by Gasteiger charge is -2.12. The summed E-state index contributed by atoms with van der Waals surface area (Å²) in [6, 6.07) is 20.9. The number of carbonyl (C=O) groups is 1. The van der Waals surface area contributed by atoms with E-state index in [0.29, 0.717) is 11.4 Å². The highest BCUT2D eigenvalue weighted by Crippen LogP contribution is 2.21. The topological polar surface area (TPSA) is 134 Å². The highest BCUT2D eigenvalue weighted by atomic mass is 32.2. The quantitative estimate of drug-likeness (QED) is 0.478. The molecule has 2 N–H and O–H groups in total. The number of azo groups is 1. The van der Waals surface area contributed by atoms with Crippen LogP contribution >= 0.6 is 0 Å². The molecule has 176 valence electrons. The van der Waals surface area contributed by atoms with Crippen LogP contribution in [0.4, 0.5) is 17.1 Å². The molecule has 3 aromatic carbocycles. The first-order valence-electron chi connectivity index (χ1n) is 10.4. The molecule has 1 amide bonds. The second-order valence-electron chi connectivity index (χ2n) is 7.79. The number of hydrogen-bond donors (Lipinski definition) is 2. The lowest BCUT2D eigenvalue weighted by molar-refractivity contribution is 0.102. The maximum absolute atomic E-state index is 12.7. The monoisotopic (exact) mass is 498 g/mol. The van der Waals surface area contributed by atoms with Gasteiger partial charge >= 0.3 is 0 Å². The molecule has 4 rings (SSSR count). The van der Waals surface area contributed by atoms with E-state index in [2.05, 4.69) is 20.3 Å². The van der Waals surface area contributed by atoms with Gasteiger partial charge in [0.15, 0.2) is 9.84 Å². The predicted molar refractivity (Wildman–Crippen MR) is 129 cm³/mol.